The predicted molar refractivity (Wildman–Crippen MR) is 62.9 cm³/mol. The summed E-state index contributed by atoms with van der Waals surface area (Å²) in [5.74, 6) is 0.915. The molecule has 1 aromatic carbocycles. The third kappa shape index (κ3) is 3.26. The van der Waals surface area contributed by atoms with Gasteiger partial charge < -0.3 is 9.84 Å². The lowest BCUT2D eigenvalue weighted by molar-refractivity contribution is -0.120. The van der Waals surface area contributed by atoms with Crippen molar-refractivity contribution in [3.05, 3.63) is 23.8 Å². The molecule has 0 aliphatic carbocycles. The molecular weight excluding hydrogens is 204 g/mol. The molecular formula is C13H18O3. The van der Waals surface area contributed by atoms with Crippen molar-refractivity contribution in [3.8, 4) is 11.5 Å². The molecule has 0 aliphatic heterocycles. The van der Waals surface area contributed by atoms with E-state index in [0.29, 0.717) is 12.2 Å². The Bertz CT molecular complexity index is 358. The Morgan fingerprint density at radius 3 is 2.75 bits per heavy atom. The molecule has 0 saturated carbocycles. The number of aromatic hydroxyl groups is 1. The predicted octanol–water partition coefficient (Wildman–Crippen LogP) is 2.70. The van der Waals surface area contributed by atoms with Crippen molar-refractivity contribution in [2.45, 2.75) is 33.1 Å². The molecule has 0 amide bonds. The molecule has 0 radical (unpaired) electrons. The maximum Gasteiger partial charge on any atom is 0.169 e. The van der Waals surface area contributed by atoms with Gasteiger partial charge in [-0.3, -0.25) is 4.79 Å². The first-order valence-corrected chi connectivity index (χ1v) is 5.64. The van der Waals surface area contributed by atoms with E-state index in [-0.39, 0.29) is 18.1 Å². The summed E-state index contributed by atoms with van der Waals surface area (Å²) in [6.45, 7) is 3.92. The van der Waals surface area contributed by atoms with E-state index < -0.39 is 0 Å². The molecule has 0 aromatic heterocycles. The Labute approximate surface area is 96.1 Å². The summed E-state index contributed by atoms with van der Waals surface area (Å²) < 4.78 is 5.41. The Kier molecular flexibility index (Phi) is 4.83. The lowest BCUT2D eigenvalue weighted by Gasteiger charge is -2.11. The van der Waals surface area contributed by atoms with Gasteiger partial charge in [0.05, 0.1) is 0 Å². The Morgan fingerprint density at radius 2 is 2.12 bits per heavy atom. The van der Waals surface area contributed by atoms with Crippen LogP contribution in [0.15, 0.2) is 18.2 Å². The van der Waals surface area contributed by atoms with Crippen LogP contribution in [0, 0.1) is 0 Å². The van der Waals surface area contributed by atoms with Gasteiger partial charge in [0.25, 0.3) is 0 Å². The molecule has 1 aromatic rings. The zero-order chi connectivity index (χ0) is 12.0. The zero-order valence-corrected chi connectivity index (χ0v) is 9.82. The Morgan fingerprint density at radius 1 is 1.38 bits per heavy atom. The van der Waals surface area contributed by atoms with Crippen molar-refractivity contribution in [1.29, 1.82) is 0 Å². The van der Waals surface area contributed by atoms with Gasteiger partial charge in [-0.05, 0) is 18.6 Å². The van der Waals surface area contributed by atoms with E-state index in [1.807, 2.05) is 6.92 Å². The van der Waals surface area contributed by atoms with Crippen LogP contribution in [-0.2, 0) is 11.2 Å². The molecule has 0 aliphatic rings. The van der Waals surface area contributed by atoms with Crippen LogP contribution in [0.25, 0.3) is 0 Å². The topological polar surface area (TPSA) is 46.5 Å². The van der Waals surface area contributed by atoms with E-state index in [9.17, 15) is 9.90 Å². The quantitative estimate of drug-likeness (QED) is 0.805. The highest BCUT2D eigenvalue weighted by Gasteiger charge is 2.09. The number of rotatable bonds is 6. The summed E-state index contributed by atoms with van der Waals surface area (Å²) in [7, 11) is 0. The van der Waals surface area contributed by atoms with Crippen molar-refractivity contribution in [2.24, 2.45) is 0 Å². The molecule has 3 nitrogen and oxygen atoms in total. The largest absolute Gasteiger partial charge is 0.508 e. The molecule has 88 valence electrons. The van der Waals surface area contributed by atoms with Gasteiger partial charge >= 0.3 is 0 Å². The monoisotopic (exact) mass is 222 g/mol. The summed E-state index contributed by atoms with van der Waals surface area (Å²) in [4.78, 5) is 11.2. The molecule has 0 spiro atoms. The first kappa shape index (κ1) is 12.6. The van der Waals surface area contributed by atoms with Crippen LogP contribution < -0.4 is 4.74 Å². The van der Waals surface area contributed by atoms with E-state index in [0.717, 1.165) is 18.4 Å². The maximum atomic E-state index is 11.2. The third-order valence-electron chi connectivity index (χ3n) is 2.39. The Hall–Kier alpha value is -1.51. The van der Waals surface area contributed by atoms with Crippen molar-refractivity contribution < 1.29 is 14.6 Å². The molecule has 0 bridgehead atoms. The third-order valence-corrected chi connectivity index (χ3v) is 2.39. The number of carbonyl (C=O) groups excluding carboxylic acids is 1. The minimum atomic E-state index is 0.0609. The van der Waals surface area contributed by atoms with E-state index in [1.54, 1.807) is 25.1 Å². The average molecular weight is 222 g/mol. The molecule has 0 atom stereocenters. The highest BCUT2D eigenvalue weighted by atomic mass is 16.5. The summed E-state index contributed by atoms with van der Waals surface area (Å²) in [6, 6.07) is 5.15. The lowest BCUT2D eigenvalue weighted by Crippen LogP contribution is -2.10. The summed E-state index contributed by atoms with van der Waals surface area (Å²) in [5, 5.41) is 9.68. The minimum Gasteiger partial charge on any atom is -0.508 e. The molecule has 0 unspecified atom stereocenters. The van der Waals surface area contributed by atoms with Crippen molar-refractivity contribution in [1.82, 2.24) is 0 Å². The molecule has 3 heteroatoms. The molecule has 1 N–H and O–H groups in total. The number of Topliss-reactive ketones (excluding diaryl/α,β-unsaturated/α-hetero) is 1. The van der Waals surface area contributed by atoms with Crippen LogP contribution in [0.2, 0.25) is 0 Å². The second-order valence-electron chi connectivity index (χ2n) is 3.68. The number of carbonyl (C=O) groups is 1. The number of phenols is 1. The van der Waals surface area contributed by atoms with Crippen LogP contribution in [0.1, 0.15) is 32.3 Å². The van der Waals surface area contributed by atoms with Crippen LogP contribution in [0.3, 0.4) is 0 Å². The van der Waals surface area contributed by atoms with Crippen LogP contribution in [0.4, 0.5) is 0 Å². The van der Waals surface area contributed by atoms with Crippen molar-refractivity contribution in [3.63, 3.8) is 0 Å². The highest BCUT2D eigenvalue weighted by molar-refractivity contribution is 5.79. The van der Waals surface area contributed by atoms with Gasteiger partial charge in [0.1, 0.15) is 18.1 Å². The maximum absolute atomic E-state index is 11.2. The van der Waals surface area contributed by atoms with Gasteiger partial charge in [0.2, 0.25) is 0 Å². The van der Waals surface area contributed by atoms with Gasteiger partial charge in [0, 0.05) is 12.0 Å². The first-order valence-electron chi connectivity index (χ1n) is 5.64. The number of ether oxygens (including phenoxy) is 1. The van der Waals surface area contributed by atoms with Crippen LogP contribution in [0.5, 0.6) is 11.5 Å². The van der Waals surface area contributed by atoms with Gasteiger partial charge in [-0.25, -0.2) is 0 Å². The molecule has 0 heterocycles. The second-order valence-corrected chi connectivity index (χ2v) is 3.68. The molecule has 1 rings (SSSR count). The number of ketones is 1. The van der Waals surface area contributed by atoms with Gasteiger partial charge in [0.15, 0.2) is 5.78 Å². The summed E-state index contributed by atoms with van der Waals surface area (Å²) >= 11 is 0. The van der Waals surface area contributed by atoms with Crippen molar-refractivity contribution in [2.75, 3.05) is 6.61 Å². The standard InChI is InChI=1S/C13H18O3/c1-3-6-11-12(15)7-5-8-13(11)16-9-10(14)4-2/h5,7-8,15H,3-4,6,9H2,1-2H3. The lowest BCUT2D eigenvalue weighted by atomic mass is 10.1. The second kappa shape index (κ2) is 6.16. The van der Waals surface area contributed by atoms with E-state index >= 15 is 0 Å². The molecule has 16 heavy (non-hydrogen) atoms. The van der Waals surface area contributed by atoms with Crippen LogP contribution in [-0.4, -0.2) is 17.5 Å². The van der Waals surface area contributed by atoms with E-state index in [2.05, 4.69) is 0 Å². The zero-order valence-electron chi connectivity index (χ0n) is 9.82. The minimum absolute atomic E-state index is 0.0609. The fourth-order valence-electron chi connectivity index (χ4n) is 1.45. The number of benzene rings is 1. The fourth-order valence-corrected chi connectivity index (χ4v) is 1.45. The van der Waals surface area contributed by atoms with Gasteiger partial charge in [-0.2, -0.15) is 0 Å². The number of hydrogen-bond acceptors (Lipinski definition) is 3. The SMILES string of the molecule is CCCc1c(O)cccc1OCC(=O)CC. The van der Waals surface area contributed by atoms with Gasteiger partial charge in [-0.15, -0.1) is 0 Å². The first-order chi connectivity index (χ1) is 7.69. The molecule has 0 fully saturated rings. The average Bonchev–Trinajstić information content (AvgIpc) is 2.29. The fraction of sp³-hybridized carbons (Fsp3) is 0.462. The van der Waals surface area contributed by atoms with E-state index in [1.165, 1.54) is 0 Å². The van der Waals surface area contributed by atoms with Gasteiger partial charge in [-0.1, -0.05) is 26.3 Å². The van der Waals surface area contributed by atoms with Crippen LogP contribution >= 0.6 is 0 Å². The van der Waals surface area contributed by atoms with Crippen molar-refractivity contribution >= 4 is 5.78 Å². The Balaban J connectivity index is 2.78. The summed E-state index contributed by atoms with van der Waals surface area (Å²) in [5.41, 5.74) is 0.786. The molecule has 0 saturated heterocycles. The highest BCUT2D eigenvalue weighted by Crippen LogP contribution is 2.28. The number of phenolic OH excluding ortho intramolecular Hbond substituents is 1. The number of hydrogen-bond donors (Lipinski definition) is 1. The van der Waals surface area contributed by atoms with E-state index in [4.69, 9.17) is 4.74 Å². The summed E-state index contributed by atoms with van der Waals surface area (Å²) in [6.07, 6.45) is 2.15. The smallest absolute Gasteiger partial charge is 0.169 e. The normalized spacial score (nSPS) is 10.1.